The largest absolute Gasteiger partial charge is 0.459 e. The van der Waals surface area contributed by atoms with Gasteiger partial charge in [-0.25, -0.2) is 9.50 Å². The van der Waals surface area contributed by atoms with Crippen molar-refractivity contribution in [1.82, 2.24) is 29.4 Å². The lowest BCUT2D eigenvalue weighted by molar-refractivity contribution is -0.129. The van der Waals surface area contributed by atoms with Crippen LogP contribution in [0.15, 0.2) is 34.0 Å². The third kappa shape index (κ3) is 3.72. The predicted molar refractivity (Wildman–Crippen MR) is 102 cm³/mol. The van der Waals surface area contributed by atoms with Gasteiger partial charge in [0.2, 0.25) is 11.1 Å². The molecular weight excluding hydrogens is 380 g/mol. The molecule has 1 fully saturated rings. The summed E-state index contributed by atoms with van der Waals surface area (Å²) in [5, 5.41) is 4.94. The number of fused-ring (bicyclic) bond motifs is 1. The summed E-state index contributed by atoms with van der Waals surface area (Å²) in [5.74, 6) is 0.986. The average Bonchev–Trinajstić information content (AvgIpc) is 3.35. The molecule has 4 rings (SSSR count). The van der Waals surface area contributed by atoms with E-state index in [2.05, 4.69) is 15.1 Å². The highest BCUT2D eigenvalue weighted by atomic mass is 32.2. The van der Waals surface area contributed by atoms with Gasteiger partial charge in [-0.2, -0.15) is 4.98 Å². The molecule has 0 atom stereocenters. The van der Waals surface area contributed by atoms with Crippen LogP contribution < -0.4 is 0 Å². The van der Waals surface area contributed by atoms with Crippen molar-refractivity contribution in [2.45, 2.75) is 19.0 Å². The van der Waals surface area contributed by atoms with Gasteiger partial charge in [-0.1, -0.05) is 11.8 Å². The van der Waals surface area contributed by atoms with Crippen molar-refractivity contribution in [3.63, 3.8) is 0 Å². The van der Waals surface area contributed by atoms with Gasteiger partial charge in [-0.05, 0) is 32.0 Å². The van der Waals surface area contributed by atoms with Crippen molar-refractivity contribution in [1.29, 1.82) is 0 Å². The van der Waals surface area contributed by atoms with Crippen molar-refractivity contribution in [2.24, 2.45) is 0 Å². The first-order chi connectivity index (χ1) is 13.5. The van der Waals surface area contributed by atoms with Gasteiger partial charge in [-0.3, -0.25) is 9.59 Å². The van der Waals surface area contributed by atoms with Crippen LogP contribution >= 0.6 is 11.8 Å². The summed E-state index contributed by atoms with van der Waals surface area (Å²) < 4.78 is 6.83. The molecule has 2 amide bonds. The summed E-state index contributed by atoms with van der Waals surface area (Å²) in [4.78, 5) is 37.0. The molecule has 0 bridgehead atoms. The fourth-order valence-corrected chi connectivity index (χ4v) is 3.86. The molecular formula is C18H20N6O3S. The first-order valence-electron chi connectivity index (χ1n) is 8.95. The molecule has 10 heteroatoms. The number of hydrogen-bond acceptors (Lipinski definition) is 7. The van der Waals surface area contributed by atoms with E-state index >= 15 is 0 Å². The molecule has 9 nitrogen and oxygen atoms in total. The van der Waals surface area contributed by atoms with E-state index in [0.717, 1.165) is 11.4 Å². The molecule has 0 N–H and O–H groups in total. The Hall–Kier alpha value is -2.88. The molecule has 0 saturated carbocycles. The summed E-state index contributed by atoms with van der Waals surface area (Å²) in [7, 11) is 0. The van der Waals surface area contributed by atoms with Gasteiger partial charge in [0.15, 0.2) is 5.76 Å². The monoisotopic (exact) mass is 400 g/mol. The van der Waals surface area contributed by atoms with Crippen LogP contribution in [0.2, 0.25) is 0 Å². The Kier molecular flexibility index (Phi) is 5.03. The van der Waals surface area contributed by atoms with Crippen LogP contribution in [0.1, 0.15) is 21.9 Å². The Bertz CT molecular complexity index is 1010. The zero-order chi connectivity index (χ0) is 19.7. The van der Waals surface area contributed by atoms with Crippen LogP contribution in [0.5, 0.6) is 0 Å². The highest BCUT2D eigenvalue weighted by Crippen LogP contribution is 2.17. The summed E-state index contributed by atoms with van der Waals surface area (Å²) in [6.07, 6.45) is 1.48. The maximum atomic E-state index is 12.5. The molecule has 1 aliphatic rings. The summed E-state index contributed by atoms with van der Waals surface area (Å²) in [6, 6.07) is 5.27. The first kappa shape index (κ1) is 18.5. The maximum Gasteiger partial charge on any atom is 0.289 e. The van der Waals surface area contributed by atoms with Crippen molar-refractivity contribution < 1.29 is 14.0 Å². The van der Waals surface area contributed by atoms with Crippen LogP contribution in [0, 0.1) is 13.8 Å². The standard InChI is InChI=1S/C18H20N6O3S/c1-12-10-13(2)24-17(19-12)20-18(21-24)28-11-15(25)22-5-7-23(8-6-22)16(26)14-4-3-9-27-14/h3-4,9-10H,5-8,11H2,1-2H3. The fourth-order valence-electron chi connectivity index (χ4n) is 3.14. The second-order valence-electron chi connectivity index (χ2n) is 6.58. The van der Waals surface area contributed by atoms with Crippen LogP contribution in [0.3, 0.4) is 0 Å². The van der Waals surface area contributed by atoms with Crippen LogP contribution in [-0.2, 0) is 4.79 Å². The molecule has 1 saturated heterocycles. The third-order valence-electron chi connectivity index (χ3n) is 4.58. The Morgan fingerprint density at radius 1 is 1.14 bits per heavy atom. The topological polar surface area (TPSA) is 96.8 Å². The van der Waals surface area contributed by atoms with Crippen molar-refractivity contribution in [3.8, 4) is 0 Å². The number of furan rings is 1. The number of thioether (sulfide) groups is 1. The number of carbonyl (C=O) groups excluding carboxylic acids is 2. The van der Waals surface area contributed by atoms with Crippen molar-refractivity contribution in [3.05, 3.63) is 41.6 Å². The number of piperazine rings is 1. The van der Waals surface area contributed by atoms with Gasteiger partial charge in [0, 0.05) is 37.6 Å². The molecule has 0 radical (unpaired) electrons. The minimum Gasteiger partial charge on any atom is -0.459 e. The molecule has 4 heterocycles. The lowest BCUT2D eigenvalue weighted by Crippen LogP contribution is -2.51. The zero-order valence-electron chi connectivity index (χ0n) is 15.7. The second kappa shape index (κ2) is 7.63. The number of aromatic nitrogens is 4. The van der Waals surface area contributed by atoms with Gasteiger partial charge in [0.25, 0.3) is 11.7 Å². The molecule has 0 aromatic carbocycles. The molecule has 3 aromatic rings. The maximum absolute atomic E-state index is 12.5. The number of hydrogen-bond donors (Lipinski definition) is 0. The van der Waals surface area contributed by atoms with Crippen LogP contribution in [-0.4, -0.2) is 73.1 Å². The second-order valence-corrected chi connectivity index (χ2v) is 7.53. The van der Waals surface area contributed by atoms with E-state index in [4.69, 9.17) is 4.42 Å². The number of aryl methyl sites for hydroxylation is 2. The first-order valence-corrected chi connectivity index (χ1v) is 9.94. The van der Waals surface area contributed by atoms with Crippen LogP contribution in [0.4, 0.5) is 0 Å². The van der Waals surface area contributed by atoms with Crippen molar-refractivity contribution in [2.75, 3.05) is 31.9 Å². The van der Waals surface area contributed by atoms with E-state index in [-0.39, 0.29) is 17.6 Å². The highest BCUT2D eigenvalue weighted by Gasteiger charge is 2.26. The van der Waals surface area contributed by atoms with E-state index in [1.165, 1.54) is 18.0 Å². The number of rotatable bonds is 4. The van der Waals surface area contributed by atoms with Gasteiger partial charge in [-0.15, -0.1) is 5.10 Å². The summed E-state index contributed by atoms with van der Waals surface area (Å²) in [6.45, 7) is 5.85. The lowest BCUT2D eigenvalue weighted by Gasteiger charge is -2.34. The third-order valence-corrected chi connectivity index (χ3v) is 5.40. The summed E-state index contributed by atoms with van der Waals surface area (Å²) >= 11 is 1.30. The Balaban J connectivity index is 1.31. The van der Waals surface area contributed by atoms with Gasteiger partial charge >= 0.3 is 0 Å². The fraction of sp³-hybridized carbons (Fsp3) is 0.389. The van der Waals surface area contributed by atoms with E-state index in [9.17, 15) is 9.59 Å². The highest BCUT2D eigenvalue weighted by molar-refractivity contribution is 7.99. The predicted octanol–water partition coefficient (Wildman–Crippen LogP) is 1.41. The van der Waals surface area contributed by atoms with E-state index in [1.807, 2.05) is 19.9 Å². The molecule has 1 aliphatic heterocycles. The molecule has 0 aliphatic carbocycles. The average molecular weight is 400 g/mol. The minimum atomic E-state index is -0.140. The molecule has 146 valence electrons. The van der Waals surface area contributed by atoms with Crippen LogP contribution in [0.25, 0.3) is 5.78 Å². The molecule has 28 heavy (non-hydrogen) atoms. The van der Waals surface area contributed by atoms with Gasteiger partial charge < -0.3 is 14.2 Å². The lowest BCUT2D eigenvalue weighted by atomic mass is 10.3. The SMILES string of the molecule is Cc1cc(C)n2nc(SCC(=O)N3CCN(C(=O)c4ccco4)CC3)nc2n1. The number of carbonyl (C=O) groups is 2. The van der Waals surface area contributed by atoms with Gasteiger partial charge in [0.1, 0.15) is 0 Å². The quantitative estimate of drug-likeness (QED) is 0.611. The Morgan fingerprint density at radius 2 is 1.89 bits per heavy atom. The number of amides is 2. The Labute approximate surface area is 165 Å². The normalized spacial score (nSPS) is 14.6. The van der Waals surface area contributed by atoms with E-state index in [1.54, 1.807) is 26.4 Å². The van der Waals surface area contributed by atoms with Gasteiger partial charge in [0.05, 0.1) is 12.0 Å². The minimum absolute atomic E-state index is 0.00909. The molecule has 3 aromatic heterocycles. The van der Waals surface area contributed by atoms with Crippen molar-refractivity contribution >= 4 is 29.4 Å². The molecule has 0 spiro atoms. The Morgan fingerprint density at radius 3 is 2.61 bits per heavy atom. The smallest absolute Gasteiger partial charge is 0.289 e. The number of nitrogens with zero attached hydrogens (tertiary/aromatic N) is 6. The van der Waals surface area contributed by atoms with E-state index < -0.39 is 0 Å². The van der Waals surface area contributed by atoms with E-state index in [0.29, 0.717) is 42.9 Å². The molecule has 0 unspecified atom stereocenters. The summed E-state index contributed by atoms with van der Waals surface area (Å²) in [5.41, 5.74) is 1.83. The zero-order valence-corrected chi connectivity index (χ0v) is 16.5.